The summed E-state index contributed by atoms with van der Waals surface area (Å²) in [7, 11) is 0. The van der Waals surface area contributed by atoms with Crippen LogP contribution in [0, 0.1) is 0 Å². The number of rotatable bonds is 7. The highest BCUT2D eigenvalue weighted by molar-refractivity contribution is 6.17. The predicted molar refractivity (Wildman–Crippen MR) is 55.6 cm³/mol. The summed E-state index contributed by atoms with van der Waals surface area (Å²) in [6, 6.07) is 0. The van der Waals surface area contributed by atoms with Gasteiger partial charge in [-0.05, 0) is 6.42 Å². The Labute approximate surface area is 89.2 Å². The molecule has 0 bridgehead atoms. The molecule has 5 heteroatoms. The van der Waals surface area contributed by atoms with Gasteiger partial charge in [0, 0.05) is 25.1 Å². The first-order valence-electron chi connectivity index (χ1n) is 4.89. The molecule has 80 valence electrons. The van der Waals surface area contributed by atoms with Gasteiger partial charge in [0.2, 0.25) is 0 Å². The van der Waals surface area contributed by atoms with Gasteiger partial charge in [-0.2, -0.15) is 0 Å². The van der Waals surface area contributed by atoms with E-state index in [9.17, 15) is 0 Å². The lowest BCUT2D eigenvalue weighted by molar-refractivity contribution is 0.124. The molecule has 0 unspecified atom stereocenters. The number of halogens is 1. The fraction of sp³-hybridized carbons (Fsp3) is 0.778. The van der Waals surface area contributed by atoms with E-state index >= 15 is 0 Å². The molecule has 0 spiro atoms. The summed E-state index contributed by atoms with van der Waals surface area (Å²) in [6.07, 6.45) is 3.74. The Bertz CT molecular complexity index is 252. The van der Waals surface area contributed by atoms with E-state index in [1.807, 2.05) is 6.20 Å². The van der Waals surface area contributed by atoms with Crippen molar-refractivity contribution in [3.05, 3.63) is 11.9 Å². The summed E-state index contributed by atoms with van der Waals surface area (Å²) < 4.78 is 7.13. The Morgan fingerprint density at radius 2 is 2.36 bits per heavy atom. The number of aryl methyl sites for hydroxylation is 1. The third-order valence-corrected chi connectivity index (χ3v) is 1.94. The molecule has 0 radical (unpaired) electrons. The zero-order valence-electron chi connectivity index (χ0n) is 8.45. The number of hydrogen-bond acceptors (Lipinski definition) is 3. The number of ether oxygens (including phenoxy) is 1. The highest BCUT2D eigenvalue weighted by atomic mass is 35.5. The van der Waals surface area contributed by atoms with Crippen molar-refractivity contribution in [2.45, 2.75) is 26.3 Å². The highest BCUT2D eigenvalue weighted by Gasteiger charge is 1.99. The van der Waals surface area contributed by atoms with Crippen LogP contribution in [0.1, 0.15) is 19.0 Å². The molecular weight excluding hydrogens is 202 g/mol. The van der Waals surface area contributed by atoms with Gasteiger partial charge >= 0.3 is 0 Å². The van der Waals surface area contributed by atoms with Crippen molar-refractivity contribution >= 4 is 11.6 Å². The van der Waals surface area contributed by atoms with Crippen LogP contribution < -0.4 is 0 Å². The first-order chi connectivity index (χ1) is 6.86. The van der Waals surface area contributed by atoms with Crippen molar-refractivity contribution in [1.29, 1.82) is 0 Å². The smallest absolute Gasteiger partial charge is 0.0839 e. The van der Waals surface area contributed by atoms with Gasteiger partial charge in [0.05, 0.1) is 18.8 Å². The predicted octanol–water partition coefficient (Wildman–Crippen LogP) is 1.49. The van der Waals surface area contributed by atoms with E-state index in [-0.39, 0.29) is 0 Å². The van der Waals surface area contributed by atoms with Crippen molar-refractivity contribution < 1.29 is 4.74 Å². The molecule has 14 heavy (non-hydrogen) atoms. The topological polar surface area (TPSA) is 39.9 Å². The van der Waals surface area contributed by atoms with Gasteiger partial charge < -0.3 is 4.74 Å². The Morgan fingerprint density at radius 3 is 3.07 bits per heavy atom. The fourth-order valence-electron chi connectivity index (χ4n) is 1.06. The molecule has 0 fully saturated rings. The summed E-state index contributed by atoms with van der Waals surface area (Å²) in [5, 5.41) is 7.94. The van der Waals surface area contributed by atoms with Gasteiger partial charge in [-0.25, -0.2) is 4.68 Å². The average Bonchev–Trinajstić information content (AvgIpc) is 2.61. The van der Waals surface area contributed by atoms with Crippen LogP contribution in [0.5, 0.6) is 0 Å². The summed E-state index contributed by atoms with van der Waals surface area (Å²) in [6.45, 7) is 4.35. The average molecular weight is 218 g/mol. The molecule has 1 aromatic heterocycles. The summed E-state index contributed by atoms with van der Waals surface area (Å²) in [4.78, 5) is 0. The van der Waals surface area contributed by atoms with Crippen molar-refractivity contribution in [2.75, 3.05) is 19.1 Å². The zero-order chi connectivity index (χ0) is 10.2. The first kappa shape index (κ1) is 11.5. The van der Waals surface area contributed by atoms with E-state index in [1.54, 1.807) is 4.68 Å². The Balaban J connectivity index is 2.22. The van der Waals surface area contributed by atoms with Crippen LogP contribution in [-0.4, -0.2) is 34.1 Å². The van der Waals surface area contributed by atoms with E-state index in [0.717, 1.165) is 31.7 Å². The van der Waals surface area contributed by atoms with Crippen LogP contribution in [0.25, 0.3) is 0 Å². The van der Waals surface area contributed by atoms with Crippen molar-refractivity contribution in [3.8, 4) is 0 Å². The van der Waals surface area contributed by atoms with Crippen molar-refractivity contribution in [3.63, 3.8) is 0 Å². The Morgan fingerprint density at radius 1 is 1.50 bits per heavy atom. The highest BCUT2D eigenvalue weighted by Crippen LogP contribution is 1.96. The van der Waals surface area contributed by atoms with E-state index in [4.69, 9.17) is 16.3 Å². The maximum atomic E-state index is 5.59. The molecule has 1 rings (SSSR count). The lowest BCUT2D eigenvalue weighted by atomic mass is 10.4. The van der Waals surface area contributed by atoms with Crippen LogP contribution >= 0.6 is 11.6 Å². The third-order valence-electron chi connectivity index (χ3n) is 1.75. The van der Waals surface area contributed by atoms with Gasteiger partial charge in [-0.1, -0.05) is 12.1 Å². The Kier molecular flexibility index (Phi) is 5.56. The minimum atomic E-state index is 0.588. The lowest BCUT2D eigenvalue weighted by Crippen LogP contribution is -2.07. The molecule has 0 atom stereocenters. The van der Waals surface area contributed by atoms with Crippen LogP contribution in [0.4, 0.5) is 0 Å². The molecule has 0 aliphatic heterocycles. The first-order valence-corrected chi connectivity index (χ1v) is 5.43. The molecule has 0 aliphatic carbocycles. The molecule has 1 heterocycles. The monoisotopic (exact) mass is 217 g/mol. The van der Waals surface area contributed by atoms with E-state index in [0.29, 0.717) is 12.5 Å². The van der Waals surface area contributed by atoms with Crippen molar-refractivity contribution in [1.82, 2.24) is 15.0 Å². The van der Waals surface area contributed by atoms with E-state index < -0.39 is 0 Å². The summed E-state index contributed by atoms with van der Waals surface area (Å²) in [5.74, 6) is 0.588. The molecule has 0 aromatic carbocycles. The van der Waals surface area contributed by atoms with Gasteiger partial charge in [-0.15, -0.1) is 16.7 Å². The second-order valence-corrected chi connectivity index (χ2v) is 3.40. The quantitative estimate of drug-likeness (QED) is 0.513. The van der Waals surface area contributed by atoms with Gasteiger partial charge in [-0.3, -0.25) is 0 Å². The minimum absolute atomic E-state index is 0.588. The van der Waals surface area contributed by atoms with Gasteiger partial charge in [0.15, 0.2) is 0 Å². The van der Waals surface area contributed by atoms with Crippen LogP contribution in [0.3, 0.4) is 0 Å². The zero-order valence-corrected chi connectivity index (χ0v) is 9.20. The van der Waals surface area contributed by atoms with Crippen LogP contribution in [-0.2, 0) is 17.7 Å². The fourth-order valence-corrected chi connectivity index (χ4v) is 1.26. The molecule has 0 amide bonds. The van der Waals surface area contributed by atoms with Gasteiger partial charge in [0.25, 0.3) is 0 Å². The van der Waals surface area contributed by atoms with Gasteiger partial charge in [0.1, 0.15) is 0 Å². The number of nitrogens with zero attached hydrogens (tertiary/aromatic N) is 3. The summed E-state index contributed by atoms with van der Waals surface area (Å²) in [5.41, 5.74) is 0.940. The summed E-state index contributed by atoms with van der Waals surface area (Å²) >= 11 is 5.59. The largest absolute Gasteiger partial charge is 0.380 e. The molecule has 0 saturated carbocycles. The van der Waals surface area contributed by atoms with Crippen LogP contribution in [0.2, 0.25) is 0 Å². The Hall–Kier alpha value is -0.610. The molecule has 0 saturated heterocycles. The molecule has 0 aliphatic rings. The third kappa shape index (κ3) is 4.07. The maximum absolute atomic E-state index is 5.59. The van der Waals surface area contributed by atoms with Crippen molar-refractivity contribution in [2.24, 2.45) is 0 Å². The number of alkyl halides is 1. The number of hydrogen-bond donors (Lipinski definition) is 0. The second-order valence-electron chi connectivity index (χ2n) is 3.02. The standard InChI is InChI=1S/C9H16ClN3O/c1-2-6-14-7-5-13-8-9(3-4-10)11-12-13/h8H,2-7H2,1H3. The SMILES string of the molecule is CCCOCCn1cc(CCCl)nn1. The molecule has 0 N–H and O–H groups in total. The molecule has 4 nitrogen and oxygen atoms in total. The van der Waals surface area contributed by atoms with E-state index in [1.165, 1.54) is 0 Å². The molecule has 1 aromatic rings. The maximum Gasteiger partial charge on any atom is 0.0839 e. The normalized spacial score (nSPS) is 10.7. The number of aromatic nitrogens is 3. The molecular formula is C9H16ClN3O. The minimum Gasteiger partial charge on any atom is -0.380 e. The second kappa shape index (κ2) is 6.79. The van der Waals surface area contributed by atoms with E-state index in [2.05, 4.69) is 17.2 Å². The lowest BCUT2D eigenvalue weighted by Gasteiger charge is -2.00. The van der Waals surface area contributed by atoms with Crippen LogP contribution in [0.15, 0.2) is 6.20 Å².